The number of amides is 2. The molecule has 2 rings (SSSR count). The van der Waals surface area contributed by atoms with Crippen molar-refractivity contribution in [2.75, 3.05) is 19.6 Å². The van der Waals surface area contributed by atoms with E-state index < -0.39 is 5.97 Å². The highest BCUT2D eigenvalue weighted by molar-refractivity contribution is 5.94. The van der Waals surface area contributed by atoms with Crippen molar-refractivity contribution in [3.05, 3.63) is 30.1 Å². The molecule has 7 heteroatoms. The van der Waals surface area contributed by atoms with E-state index in [4.69, 9.17) is 5.11 Å². The lowest BCUT2D eigenvalue weighted by atomic mass is 9.96. The quantitative estimate of drug-likeness (QED) is 0.826. The monoisotopic (exact) mass is 305 g/mol. The van der Waals surface area contributed by atoms with Gasteiger partial charge in [-0.1, -0.05) is 0 Å². The second kappa shape index (κ2) is 7.53. The summed E-state index contributed by atoms with van der Waals surface area (Å²) in [5.41, 5.74) is 0.557. The smallest absolute Gasteiger partial charge is 0.305 e. The highest BCUT2D eigenvalue weighted by atomic mass is 16.4. The second-order valence-corrected chi connectivity index (χ2v) is 5.26. The number of piperidine rings is 1. The van der Waals surface area contributed by atoms with Gasteiger partial charge in [-0.3, -0.25) is 19.4 Å². The molecule has 0 radical (unpaired) electrons. The lowest BCUT2D eigenvalue weighted by molar-refractivity contribution is -0.137. The molecule has 7 nitrogen and oxygen atoms in total. The average Bonchev–Trinajstić information content (AvgIpc) is 2.54. The van der Waals surface area contributed by atoms with Crippen LogP contribution in [0.1, 0.15) is 29.6 Å². The van der Waals surface area contributed by atoms with Crippen molar-refractivity contribution in [1.29, 1.82) is 0 Å². The molecule has 1 saturated heterocycles. The van der Waals surface area contributed by atoms with Gasteiger partial charge in [-0.2, -0.15) is 0 Å². The number of hydrogen-bond donors (Lipinski definition) is 2. The molecule has 0 aromatic carbocycles. The molecule has 1 atom stereocenters. The molecule has 0 bridgehead atoms. The zero-order valence-corrected chi connectivity index (χ0v) is 12.2. The maximum Gasteiger partial charge on any atom is 0.305 e. The van der Waals surface area contributed by atoms with Gasteiger partial charge in [0.15, 0.2) is 0 Å². The van der Waals surface area contributed by atoms with Gasteiger partial charge in [0.2, 0.25) is 5.91 Å². The van der Waals surface area contributed by atoms with E-state index >= 15 is 0 Å². The molecule has 1 aliphatic heterocycles. The fourth-order valence-electron chi connectivity index (χ4n) is 2.49. The fourth-order valence-corrected chi connectivity index (χ4v) is 2.49. The average molecular weight is 305 g/mol. The Balaban J connectivity index is 1.90. The largest absolute Gasteiger partial charge is 0.481 e. The highest BCUT2D eigenvalue weighted by Crippen LogP contribution is 2.18. The van der Waals surface area contributed by atoms with Crippen LogP contribution in [-0.4, -0.2) is 52.4 Å². The van der Waals surface area contributed by atoms with Gasteiger partial charge in [-0.25, -0.2) is 0 Å². The zero-order valence-electron chi connectivity index (χ0n) is 12.2. The van der Waals surface area contributed by atoms with Gasteiger partial charge in [0.25, 0.3) is 5.91 Å². The number of rotatable bonds is 5. The van der Waals surface area contributed by atoms with E-state index in [0.29, 0.717) is 25.1 Å². The summed E-state index contributed by atoms with van der Waals surface area (Å²) in [6, 6.07) is 3.30. The number of pyridine rings is 1. The Kier molecular flexibility index (Phi) is 5.46. The van der Waals surface area contributed by atoms with Gasteiger partial charge in [-0.05, 0) is 25.0 Å². The van der Waals surface area contributed by atoms with Crippen molar-refractivity contribution in [3.63, 3.8) is 0 Å². The molecule has 2 amide bonds. The minimum absolute atomic E-state index is 0.0991. The Hall–Kier alpha value is -2.44. The fraction of sp³-hybridized carbons (Fsp3) is 0.467. The van der Waals surface area contributed by atoms with Crippen molar-refractivity contribution in [1.82, 2.24) is 15.2 Å². The molecular weight excluding hydrogens is 286 g/mol. The van der Waals surface area contributed by atoms with Crippen LogP contribution >= 0.6 is 0 Å². The molecule has 22 heavy (non-hydrogen) atoms. The van der Waals surface area contributed by atoms with E-state index in [-0.39, 0.29) is 30.7 Å². The normalized spacial score (nSPS) is 17.8. The number of hydrogen-bond acceptors (Lipinski definition) is 4. The number of nitrogens with one attached hydrogen (secondary N) is 1. The van der Waals surface area contributed by atoms with E-state index in [2.05, 4.69) is 10.3 Å². The number of carbonyl (C=O) groups is 3. The molecule has 0 spiro atoms. The van der Waals surface area contributed by atoms with Crippen LogP contribution in [-0.2, 0) is 9.59 Å². The van der Waals surface area contributed by atoms with Crippen LogP contribution < -0.4 is 5.32 Å². The van der Waals surface area contributed by atoms with Crippen molar-refractivity contribution >= 4 is 17.8 Å². The number of carboxylic acid groups (broad SMARTS) is 1. The first-order chi connectivity index (χ1) is 10.6. The van der Waals surface area contributed by atoms with Crippen molar-refractivity contribution in [2.24, 2.45) is 5.92 Å². The third-order valence-electron chi connectivity index (χ3n) is 3.64. The van der Waals surface area contributed by atoms with Gasteiger partial charge >= 0.3 is 5.97 Å². The van der Waals surface area contributed by atoms with Gasteiger partial charge in [0.1, 0.15) is 0 Å². The van der Waals surface area contributed by atoms with Gasteiger partial charge in [-0.15, -0.1) is 0 Å². The van der Waals surface area contributed by atoms with Crippen LogP contribution in [0.3, 0.4) is 0 Å². The SMILES string of the molecule is O=C(O)CCNC(=O)C1CCCN(C(=O)c2ccncc2)C1. The molecular formula is C15H19N3O4. The number of likely N-dealkylation sites (tertiary alicyclic amines) is 1. The van der Waals surface area contributed by atoms with Crippen LogP contribution in [0.5, 0.6) is 0 Å². The van der Waals surface area contributed by atoms with Crippen molar-refractivity contribution in [3.8, 4) is 0 Å². The number of carboxylic acids is 1. The van der Waals surface area contributed by atoms with Gasteiger partial charge < -0.3 is 15.3 Å². The first-order valence-electron chi connectivity index (χ1n) is 7.26. The summed E-state index contributed by atoms with van der Waals surface area (Å²) in [7, 11) is 0. The topological polar surface area (TPSA) is 99.6 Å². The minimum Gasteiger partial charge on any atom is -0.481 e. The summed E-state index contributed by atoms with van der Waals surface area (Å²) >= 11 is 0. The summed E-state index contributed by atoms with van der Waals surface area (Å²) in [5, 5.41) is 11.2. The molecule has 118 valence electrons. The third kappa shape index (κ3) is 4.28. The second-order valence-electron chi connectivity index (χ2n) is 5.26. The molecule has 1 aromatic rings. The minimum atomic E-state index is -0.946. The lowest BCUT2D eigenvalue weighted by Crippen LogP contribution is -2.45. The van der Waals surface area contributed by atoms with E-state index in [1.54, 1.807) is 29.4 Å². The number of carbonyl (C=O) groups excluding carboxylic acids is 2. The standard InChI is InChI=1S/C15H19N3O4/c19-13(20)5-8-17-14(21)12-2-1-9-18(10-12)15(22)11-3-6-16-7-4-11/h3-4,6-7,12H,1-2,5,8-10H2,(H,17,21)(H,19,20). The molecule has 0 aliphatic carbocycles. The van der Waals surface area contributed by atoms with Crippen LogP contribution in [0.15, 0.2) is 24.5 Å². The van der Waals surface area contributed by atoms with Crippen molar-refractivity contribution in [2.45, 2.75) is 19.3 Å². The molecule has 1 unspecified atom stereocenters. The van der Waals surface area contributed by atoms with E-state index in [9.17, 15) is 14.4 Å². The molecule has 2 heterocycles. The van der Waals surface area contributed by atoms with Crippen LogP contribution in [0.4, 0.5) is 0 Å². The Morgan fingerprint density at radius 3 is 2.73 bits per heavy atom. The summed E-state index contributed by atoms with van der Waals surface area (Å²) in [5.74, 6) is -1.52. The van der Waals surface area contributed by atoms with Crippen LogP contribution in [0.2, 0.25) is 0 Å². The number of aromatic nitrogens is 1. The molecule has 2 N–H and O–H groups in total. The van der Waals surface area contributed by atoms with Gasteiger partial charge in [0.05, 0.1) is 12.3 Å². The summed E-state index contributed by atoms with van der Waals surface area (Å²) in [6.45, 7) is 1.10. The van der Waals surface area contributed by atoms with E-state index in [1.165, 1.54) is 0 Å². The summed E-state index contributed by atoms with van der Waals surface area (Å²) < 4.78 is 0. The highest BCUT2D eigenvalue weighted by Gasteiger charge is 2.28. The molecule has 1 aromatic heterocycles. The van der Waals surface area contributed by atoms with E-state index in [0.717, 1.165) is 6.42 Å². The molecule has 1 aliphatic rings. The van der Waals surface area contributed by atoms with Crippen LogP contribution in [0.25, 0.3) is 0 Å². The number of nitrogens with zero attached hydrogens (tertiary/aromatic N) is 2. The summed E-state index contributed by atoms with van der Waals surface area (Å²) in [4.78, 5) is 40.4. The zero-order chi connectivity index (χ0) is 15.9. The van der Waals surface area contributed by atoms with Gasteiger partial charge in [0, 0.05) is 37.6 Å². The Morgan fingerprint density at radius 1 is 1.32 bits per heavy atom. The van der Waals surface area contributed by atoms with Crippen molar-refractivity contribution < 1.29 is 19.5 Å². The third-order valence-corrected chi connectivity index (χ3v) is 3.64. The predicted molar refractivity (Wildman–Crippen MR) is 78.1 cm³/mol. The Morgan fingerprint density at radius 2 is 2.05 bits per heavy atom. The lowest BCUT2D eigenvalue weighted by Gasteiger charge is -2.32. The predicted octanol–water partition coefficient (Wildman–Crippen LogP) is 0.525. The first kappa shape index (κ1) is 15.9. The maximum absolute atomic E-state index is 12.4. The van der Waals surface area contributed by atoms with Crippen LogP contribution in [0, 0.1) is 5.92 Å². The maximum atomic E-state index is 12.4. The first-order valence-corrected chi connectivity index (χ1v) is 7.26. The molecule has 1 fully saturated rings. The number of aliphatic carboxylic acids is 1. The summed E-state index contributed by atoms with van der Waals surface area (Å²) in [6.07, 6.45) is 4.49. The van der Waals surface area contributed by atoms with E-state index in [1.807, 2.05) is 0 Å². The Labute approximate surface area is 128 Å². The molecule has 0 saturated carbocycles. The Bertz CT molecular complexity index is 547.